The summed E-state index contributed by atoms with van der Waals surface area (Å²) in [6.07, 6.45) is 3.83. The Hall–Kier alpha value is -4.50. The SMILES string of the molecule is Nc1nccc2ccc(NC(=O)C(O)C(NC(=O)c3ccc(N4CCCC4)nc3)c3ccccc3)cc12. The minimum Gasteiger partial charge on any atom is -0.383 e. The molecule has 0 aliphatic carbocycles. The van der Waals surface area contributed by atoms with Crippen molar-refractivity contribution >= 4 is 39.9 Å². The van der Waals surface area contributed by atoms with Gasteiger partial charge in [0.25, 0.3) is 11.8 Å². The summed E-state index contributed by atoms with van der Waals surface area (Å²) in [4.78, 5) is 36.9. The Labute approximate surface area is 214 Å². The number of nitrogen functional groups attached to an aromatic ring is 1. The summed E-state index contributed by atoms with van der Waals surface area (Å²) < 4.78 is 0. The number of hydrogen-bond donors (Lipinski definition) is 4. The molecule has 5 rings (SSSR count). The smallest absolute Gasteiger partial charge is 0.255 e. The summed E-state index contributed by atoms with van der Waals surface area (Å²) in [6, 6.07) is 18.5. The van der Waals surface area contributed by atoms with Gasteiger partial charge in [0.05, 0.1) is 11.6 Å². The molecular formula is C28H28N6O3. The monoisotopic (exact) mass is 496 g/mol. The minimum atomic E-state index is -1.56. The van der Waals surface area contributed by atoms with E-state index in [0.717, 1.165) is 37.1 Å². The van der Waals surface area contributed by atoms with Crippen molar-refractivity contribution in [2.24, 2.45) is 0 Å². The maximum absolute atomic E-state index is 13.1. The summed E-state index contributed by atoms with van der Waals surface area (Å²) in [5.41, 5.74) is 7.35. The van der Waals surface area contributed by atoms with E-state index < -0.39 is 24.0 Å². The van der Waals surface area contributed by atoms with Gasteiger partial charge in [0.1, 0.15) is 11.6 Å². The van der Waals surface area contributed by atoms with Gasteiger partial charge in [0.15, 0.2) is 6.10 Å². The number of fused-ring (bicyclic) bond motifs is 1. The van der Waals surface area contributed by atoms with Crippen LogP contribution >= 0.6 is 0 Å². The van der Waals surface area contributed by atoms with Crippen LogP contribution in [0.25, 0.3) is 10.8 Å². The molecule has 5 N–H and O–H groups in total. The minimum absolute atomic E-state index is 0.341. The van der Waals surface area contributed by atoms with Gasteiger partial charge < -0.3 is 26.4 Å². The molecule has 2 aromatic carbocycles. The molecule has 1 fully saturated rings. The van der Waals surface area contributed by atoms with Gasteiger partial charge in [-0.2, -0.15) is 0 Å². The zero-order valence-corrected chi connectivity index (χ0v) is 20.2. The number of carbonyl (C=O) groups excluding carboxylic acids is 2. The molecule has 9 nitrogen and oxygen atoms in total. The zero-order chi connectivity index (χ0) is 25.8. The molecule has 37 heavy (non-hydrogen) atoms. The predicted molar refractivity (Wildman–Crippen MR) is 143 cm³/mol. The Balaban J connectivity index is 1.34. The number of rotatable bonds is 7. The molecule has 9 heteroatoms. The average Bonchev–Trinajstić information content (AvgIpc) is 3.47. The second-order valence-electron chi connectivity index (χ2n) is 9.03. The molecule has 0 saturated carbocycles. The van der Waals surface area contributed by atoms with E-state index in [0.29, 0.717) is 28.0 Å². The number of nitrogens with two attached hydrogens (primary N) is 1. The maximum atomic E-state index is 13.1. The van der Waals surface area contributed by atoms with Crippen molar-refractivity contribution in [1.29, 1.82) is 0 Å². The van der Waals surface area contributed by atoms with Crippen LogP contribution in [0.2, 0.25) is 0 Å². The third-order valence-electron chi connectivity index (χ3n) is 6.53. The molecule has 1 aliphatic rings. The lowest BCUT2D eigenvalue weighted by atomic mass is 10.00. The number of nitrogens with one attached hydrogen (secondary N) is 2. The first kappa shape index (κ1) is 24.2. The second-order valence-corrected chi connectivity index (χ2v) is 9.03. The largest absolute Gasteiger partial charge is 0.383 e. The molecule has 1 aliphatic heterocycles. The topological polar surface area (TPSA) is 133 Å². The summed E-state index contributed by atoms with van der Waals surface area (Å²) >= 11 is 0. The lowest BCUT2D eigenvalue weighted by Gasteiger charge is -2.24. The fourth-order valence-electron chi connectivity index (χ4n) is 4.52. The predicted octanol–water partition coefficient (Wildman–Crippen LogP) is 3.28. The fourth-order valence-corrected chi connectivity index (χ4v) is 4.52. The second kappa shape index (κ2) is 10.6. The van der Waals surface area contributed by atoms with Crippen molar-refractivity contribution in [2.45, 2.75) is 25.0 Å². The normalized spacial score (nSPS) is 14.8. The molecule has 0 spiro atoms. The standard InChI is InChI=1S/C28H28N6O3/c29-26-22-16-21(10-8-18(22)12-13-30-26)32-28(37)25(35)24(19-6-2-1-3-7-19)33-27(36)20-9-11-23(31-17-20)34-14-4-5-15-34/h1-3,6-13,16-17,24-25,35H,4-5,14-15H2,(H2,29,30)(H,32,37)(H,33,36). The van der Waals surface area contributed by atoms with Crippen LogP contribution < -0.4 is 21.3 Å². The van der Waals surface area contributed by atoms with Crippen molar-refractivity contribution in [3.05, 3.63) is 90.3 Å². The number of pyridine rings is 2. The molecule has 1 saturated heterocycles. The summed E-state index contributed by atoms with van der Waals surface area (Å²) in [6.45, 7) is 1.91. The van der Waals surface area contributed by atoms with Crippen LogP contribution in [-0.2, 0) is 4.79 Å². The first-order valence-electron chi connectivity index (χ1n) is 12.2. The highest BCUT2D eigenvalue weighted by Crippen LogP contribution is 2.25. The molecule has 0 radical (unpaired) electrons. The van der Waals surface area contributed by atoms with Crippen molar-refractivity contribution in [1.82, 2.24) is 15.3 Å². The van der Waals surface area contributed by atoms with Crippen LogP contribution in [0.1, 0.15) is 34.8 Å². The molecule has 2 aromatic heterocycles. The van der Waals surface area contributed by atoms with E-state index in [-0.39, 0.29) is 0 Å². The first-order chi connectivity index (χ1) is 18.0. The highest BCUT2D eigenvalue weighted by atomic mass is 16.3. The lowest BCUT2D eigenvalue weighted by Crippen LogP contribution is -2.42. The van der Waals surface area contributed by atoms with Crippen molar-refractivity contribution < 1.29 is 14.7 Å². The van der Waals surface area contributed by atoms with Crippen LogP contribution in [-0.4, -0.2) is 46.1 Å². The number of carbonyl (C=O) groups is 2. The van der Waals surface area contributed by atoms with Crippen LogP contribution in [0.15, 0.2) is 79.1 Å². The zero-order valence-electron chi connectivity index (χ0n) is 20.2. The van der Waals surface area contributed by atoms with Gasteiger partial charge in [-0.1, -0.05) is 36.4 Å². The number of aliphatic hydroxyl groups excluding tert-OH is 1. The molecule has 0 bridgehead atoms. The van der Waals surface area contributed by atoms with Crippen molar-refractivity contribution in [3.63, 3.8) is 0 Å². The summed E-state index contributed by atoms with van der Waals surface area (Å²) in [5, 5.41) is 18.2. The average molecular weight is 497 g/mol. The van der Waals surface area contributed by atoms with Crippen LogP contribution in [0, 0.1) is 0 Å². The van der Waals surface area contributed by atoms with Gasteiger partial charge in [-0.25, -0.2) is 9.97 Å². The van der Waals surface area contributed by atoms with E-state index in [1.54, 1.807) is 48.7 Å². The lowest BCUT2D eigenvalue weighted by molar-refractivity contribution is -0.125. The van der Waals surface area contributed by atoms with Crippen LogP contribution in [0.4, 0.5) is 17.3 Å². The van der Waals surface area contributed by atoms with Crippen molar-refractivity contribution in [2.75, 3.05) is 29.0 Å². The van der Waals surface area contributed by atoms with Crippen molar-refractivity contribution in [3.8, 4) is 0 Å². The number of amides is 2. The molecule has 188 valence electrons. The van der Waals surface area contributed by atoms with Gasteiger partial charge in [-0.3, -0.25) is 9.59 Å². The number of nitrogens with zero attached hydrogens (tertiary/aromatic N) is 3. The number of benzene rings is 2. The Morgan fingerprint density at radius 3 is 2.49 bits per heavy atom. The number of hydrogen-bond acceptors (Lipinski definition) is 7. The Morgan fingerprint density at radius 2 is 1.76 bits per heavy atom. The molecular weight excluding hydrogens is 468 g/mol. The van der Waals surface area contributed by atoms with Gasteiger partial charge in [0.2, 0.25) is 0 Å². The molecule has 4 aromatic rings. The molecule has 3 heterocycles. The maximum Gasteiger partial charge on any atom is 0.255 e. The van der Waals surface area contributed by atoms with Crippen LogP contribution in [0.3, 0.4) is 0 Å². The van der Waals surface area contributed by atoms with E-state index in [2.05, 4.69) is 25.5 Å². The van der Waals surface area contributed by atoms with Gasteiger partial charge in [0, 0.05) is 36.6 Å². The highest BCUT2D eigenvalue weighted by molar-refractivity contribution is 6.00. The Bertz CT molecular complexity index is 1400. The Kier molecular flexibility index (Phi) is 6.96. The highest BCUT2D eigenvalue weighted by Gasteiger charge is 2.30. The van der Waals surface area contributed by atoms with E-state index in [1.165, 1.54) is 6.20 Å². The van der Waals surface area contributed by atoms with Gasteiger partial charge in [-0.15, -0.1) is 0 Å². The Morgan fingerprint density at radius 1 is 0.973 bits per heavy atom. The van der Waals surface area contributed by atoms with E-state index in [9.17, 15) is 14.7 Å². The van der Waals surface area contributed by atoms with E-state index >= 15 is 0 Å². The third-order valence-corrected chi connectivity index (χ3v) is 6.53. The fraction of sp³-hybridized carbons (Fsp3) is 0.214. The van der Waals surface area contributed by atoms with Gasteiger partial charge >= 0.3 is 0 Å². The quantitative estimate of drug-likeness (QED) is 0.309. The molecule has 2 atom stereocenters. The van der Waals surface area contributed by atoms with E-state index in [1.807, 2.05) is 24.3 Å². The summed E-state index contributed by atoms with van der Waals surface area (Å²) in [7, 11) is 0. The van der Waals surface area contributed by atoms with Gasteiger partial charge in [-0.05, 0) is 54.1 Å². The summed E-state index contributed by atoms with van der Waals surface area (Å²) in [5.74, 6) is 0.0661. The number of anilines is 3. The first-order valence-corrected chi connectivity index (χ1v) is 12.2. The molecule has 2 amide bonds. The van der Waals surface area contributed by atoms with Crippen LogP contribution in [0.5, 0.6) is 0 Å². The third kappa shape index (κ3) is 5.36. The number of aliphatic hydroxyl groups is 1. The van der Waals surface area contributed by atoms with E-state index in [4.69, 9.17) is 5.73 Å². The number of aromatic nitrogens is 2. The molecule has 2 unspecified atom stereocenters.